The summed E-state index contributed by atoms with van der Waals surface area (Å²) in [6, 6.07) is 5.73. The van der Waals surface area contributed by atoms with Gasteiger partial charge in [-0.3, -0.25) is 14.4 Å². The highest BCUT2D eigenvalue weighted by molar-refractivity contribution is 7.89. The van der Waals surface area contributed by atoms with Gasteiger partial charge in [0.1, 0.15) is 0 Å². The van der Waals surface area contributed by atoms with Crippen LogP contribution in [0, 0.1) is 11.8 Å². The van der Waals surface area contributed by atoms with Crippen LogP contribution in [-0.4, -0.2) is 55.2 Å². The maximum atomic E-state index is 12.7. The number of hydrogen-bond acceptors (Lipinski definition) is 5. The highest BCUT2D eigenvalue weighted by atomic mass is 32.2. The van der Waals surface area contributed by atoms with E-state index in [-0.39, 0.29) is 36.1 Å². The van der Waals surface area contributed by atoms with Crippen LogP contribution in [-0.2, 0) is 24.4 Å². The van der Waals surface area contributed by atoms with E-state index in [1.165, 1.54) is 24.3 Å². The van der Waals surface area contributed by atoms with Crippen molar-refractivity contribution < 1.29 is 27.9 Å². The molecule has 1 saturated carbocycles. The van der Waals surface area contributed by atoms with Gasteiger partial charge in [-0.1, -0.05) is 6.07 Å². The summed E-state index contributed by atoms with van der Waals surface area (Å²) >= 11 is 0. The molecule has 1 aliphatic heterocycles. The summed E-state index contributed by atoms with van der Waals surface area (Å²) in [5.41, 5.74) is 0.272. The number of nitrogens with one attached hydrogen (secondary N) is 2. The molecule has 2 aliphatic rings. The van der Waals surface area contributed by atoms with E-state index in [1.54, 1.807) is 0 Å². The molecule has 0 bridgehead atoms. The molecule has 2 fully saturated rings. The van der Waals surface area contributed by atoms with Crippen LogP contribution in [0.3, 0.4) is 0 Å². The van der Waals surface area contributed by atoms with Gasteiger partial charge in [0.05, 0.1) is 23.3 Å². The molecule has 0 radical (unpaired) electrons. The van der Waals surface area contributed by atoms with Crippen molar-refractivity contribution >= 4 is 33.5 Å². The molecule has 3 N–H and O–H groups in total. The molecule has 2 amide bonds. The minimum Gasteiger partial charge on any atom is -0.481 e. The molecular formula is C16H19N3O6S. The zero-order chi connectivity index (χ0) is 18.9. The van der Waals surface area contributed by atoms with Crippen molar-refractivity contribution in [1.29, 1.82) is 0 Å². The quantitative estimate of drug-likeness (QED) is 0.650. The molecular weight excluding hydrogens is 362 g/mol. The molecule has 1 aromatic carbocycles. The number of carbonyl (C=O) groups is 3. The molecule has 0 spiro atoms. The van der Waals surface area contributed by atoms with Gasteiger partial charge < -0.3 is 15.7 Å². The lowest BCUT2D eigenvalue weighted by molar-refractivity contribution is -0.151. The van der Waals surface area contributed by atoms with Gasteiger partial charge in [-0.15, -0.1) is 0 Å². The van der Waals surface area contributed by atoms with E-state index in [1.807, 2.05) is 0 Å². The van der Waals surface area contributed by atoms with Crippen LogP contribution in [0.5, 0.6) is 0 Å². The van der Waals surface area contributed by atoms with E-state index >= 15 is 0 Å². The highest BCUT2D eigenvalue weighted by Crippen LogP contribution is 2.35. The molecule has 0 aromatic heterocycles. The number of anilines is 1. The fourth-order valence-corrected chi connectivity index (χ4v) is 4.49. The van der Waals surface area contributed by atoms with Gasteiger partial charge in [0.2, 0.25) is 21.8 Å². The second kappa shape index (κ2) is 7.04. The summed E-state index contributed by atoms with van der Waals surface area (Å²) in [7, 11) is -3.86. The Morgan fingerprint density at radius 2 is 1.96 bits per heavy atom. The number of carboxylic acids is 1. The lowest BCUT2D eigenvalue weighted by Gasteiger charge is -2.32. The number of nitrogens with zero attached hydrogens (tertiary/aromatic N) is 1. The van der Waals surface area contributed by atoms with Crippen LogP contribution >= 0.6 is 0 Å². The zero-order valence-corrected chi connectivity index (χ0v) is 14.7. The van der Waals surface area contributed by atoms with Gasteiger partial charge in [-0.05, 0) is 31.0 Å². The SMILES string of the molecule is O=C1CN(S(=O)(=O)c2cccc(NC(=O)C3CCC3C(=O)O)c2)CCN1. The normalized spacial score (nSPS) is 23.6. The van der Waals surface area contributed by atoms with Crippen LogP contribution < -0.4 is 10.6 Å². The molecule has 2 unspecified atom stereocenters. The average molecular weight is 381 g/mol. The van der Waals surface area contributed by atoms with Gasteiger partial charge >= 0.3 is 5.97 Å². The number of benzene rings is 1. The standard InChI is InChI=1S/C16H19N3O6S/c20-14-9-19(7-6-17-14)26(24,25)11-3-1-2-10(8-11)18-15(21)12-4-5-13(12)16(22)23/h1-3,8,12-13H,4-7,9H2,(H,17,20)(H,18,21)(H,22,23). The first-order chi connectivity index (χ1) is 12.3. The van der Waals surface area contributed by atoms with E-state index in [0.29, 0.717) is 12.8 Å². The fraction of sp³-hybridized carbons (Fsp3) is 0.438. The molecule has 9 nitrogen and oxygen atoms in total. The van der Waals surface area contributed by atoms with E-state index < -0.39 is 33.7 Å². The van der Waals surface area contributed by atoms with Crippen LogP contribution in [0.25, 0.3) is 0 Å². The predicted molar refractivity (Wildman–Crippen MR) is 90.7 cm³/mol. The minimum atomic E-state index is -3.86. The van der Waals surface area contributed by atoms with Crippen molar-refractivity contribution in [3.05, 3.63) is 24.3 Å². The van der Waals surface area contributed by atoms with Crippen molar-refractivity contribution in [3.63, 3.8) is 0 Å². The predicted octanol–water partition coefficient (Wildman–Crippen LogP) is -0.144. The Hall–Kier alpha value is -2.46. The molecule has 26 heavy (non-hydrogen) atoms. The molecule has 3 rings (SSSR count). The smallest absolute Gasteiger partial charge is 0.307 e. The number of carbonyl (C=O) groups excluding carboxylic acids is 2. The van der Waals surface area contributed by atoms with Crippen LogP contribution in [0.15, 0.2) is 29.2 Å². The first-order valence-electron chi connectivity index (χ1n) is 8.19. The molecule has 1 aliphatic carbocycles. The number of piperazine rings is 1. The summed E-state index contributed by atoms with van der Waals surface area (Å²) < 4.78 is 26.4. The van der Waals surface area contributed by atoms with Crippen molar-refractivity contribution in [2.24, 2.45) is 11.8 Å². The Labute approximate surface area is 150 Å². The molecule has 1 aromatic rings. The third-order valence-corrected chi connectivity index (χ3v) is 6.51. The number of rotatable bonds is 5. The maximum Gasteiger partial charge on any atom is 0.307 e. The average Bonchev–Trinajstić information content (AvgIpc) is 2.53. The Morgan fingerprint density at radius 1 is 1.23 bits per heavy atom. The van der Waals surface area contributed by atoms with Gasteiger partial charge in [-0.2, -0.15) is 4.31 Å². The van der Waals surface area contributed by atoms with Crippen molar-refractivity contribution in [3.8, 4) is 0 Å². The number of hydrogen-bond donors (Lipinski definition) is 3. The third-order valence-electron chi connectivity index (χ3n) is 4.67. The number of sulfonamides is 1. The largest absolute Gasteiger partial charge is 0.481 e. The van der Waals surface area contributed by atoms with Crippen LogP contribution in [0.4, 0.5) is 5.69 Å². The second-order valence-electron chi connectivity index (χ2n) is 6.33. The maximum absolute atomic E-state index is 12.7. The number of aliphatic carboxylic acids is 1. The number of carboxylic acid groups (broad SMARTS) is 1. The number of amides is 2. The Balaban J connectivity index is 1.75. The minimum absolute atomic E-state index is 0.0339. The van der Waals surface area contributed by atoms with Crippen molar-refractivity contribution in [2.75, 3.05) is 25.0 Å². The van der Waals surface area contributed by atoms with E-state index in [2.05, 4.69) is 10.6 Å². The summed E-state index contributed by atoms with van der Waals surface area (Å²) in [5, 5.41) is 14.2. The van der Waals surface area contributed by atoms with E-state index in [9.17, 15) is 22.8 Å². The van der Waals surface area contributed by atoms with E-state index in [0.717, 1.165) is 4.31 Å². The Morgan fingerprint density at radius 3 is 2.58 bits per heavy atom. The Kier molecular flexibility index (Phi) is 4.97. The molecule has 10 heteroatoms. The van der Waals surface area contributed by atoms with Crippen molar-refractivity contribution in [2.45, 2.75) is 17.7 Å². The van der Waals surface area contributed by atoms with Gasteiger partial charge in [0, 0.05) is 18.8 Å². The van der Waals surface area contributed by atoms with Crippen molar-refractivity contribution in [1.82, 2.24) is 9.62 Å². The highest BCUT2D eigenvalue weighted by Gasteiger charge is 2.41. The van der Waals surface area contributed by atoms with E-state index in [4.69, 9.17) is 5.11 Å². The fourth-order valence-electron chi connectivity index (χ4n) is 3.05. The molecule has 1 saturated heterocycles. The molecule has 140 valence electrons. The van der Waals surface area contributed by atoms with Crippen LogP contribution in [0.2, 0.25) is 0 Å². The zero-order valence-electron chi connectivity index (χ0n) is 13.8. The van der Waals surface area contributed by atoms with Gasteiger partial charge in [0.15, 0.2) is 0 Å². The second-order valence-corrected chi connectivity index (χ2v) is 8.27. The monoisotopic (exact) mass is 381 g/mol. The lowest BCUT2D eigenvalue weighted by Crippen LogP contribution is -2.49. The topological polar surface area (TPSA) is 133 Å². The summed E-state index contributed by atoms with van der Waals surface area (Å²) in [4.78, 5) is 34.7. The molecule has 2 atom stereocenters. The van der Waals surface area contributed by atoms with Gasteiger partial charge in [-0.25, -0.2) is 8.42 Å². The first kappa shape index (κ1) is 18.3. The summed E-state index contributed by atoms with van der Waals surface area (Å²) in [6.07, 6.45) is 0.947. The Bertz CT molecular complexity index is 853. The van der Waals surface area contributed by atoms with Gasteiger partial charge in [0.25, 0.3) is 0 Å². The lowest BCUT2D eigenvalue weighted by atomic mass is 9.73. The first-order valence-corrected chi connectivity index (χ1v) is 9.63. The molecule has 1 heterocycles. The summed E-state index contributed by atoms with van der Waals surface area (Å²) in [6.45, 7) is 0.168. The third kappa shape index (κ3) is 3.56. The van der Waals surface area contributed by atoms with Crippen LogP contribution in [0.1, 0.15) is 12.8 Å². The summed E-state index contributed by atoms with van der Waals surface area (Å²) in [5.74, 6) is -3.12.